The molecular formula is C16H22ClN5. The average Bonchev–Trinajstić information content (AvgIpc) is 2.87. The van der Waals surface area contributed by atoms with Crippen LogP contribution in [0.4, 0.5) is 0 Å². The first-order valence-electron chi connectivity index (χ1n) is 7.67. The van der Waals surface area contributed by atoms with Crippen molar-refractivity contribution in [1.29, 1.82) is 0 Å². The molecule has 2 heterocycles. The highest BCUT2D eigenvalue weighted by atomic mass is 35.5. The van der Waals surface area contributed by atoms with Crippen molar-refractivity contribution in [3.63, 3.8) is 0 Å². The van der Waals surface area contributed by atoms with Gasteiger partial charge in [-0.2, -0.15) is 4.80 Å². The number of aromatic nitrogens is 4. The van der Waals surface area contributed by atoms with Crippen LogP contribution in [0.1, 0.15) is 32.2 Å². The number of tetrazole rings is 1. The van der Waals surface area contributed by atoms with Gasteiger partial charge in [0.2, 0.25) is 0 Å². The summed E-state index contributed by atoms with van der Waals surface area (Å²) in [6, 6.07) is 8.10. The molecule has 5 nitrogen and oxygen atoms in total. The summed E-state index contributed by atoms with van der Waals surface area (Å²) in [5.74, 6) is 1.46. The summed E-state index contributed by atoms with van der Waals surface area (Å²) in [6.07, 6.45) is 1.04. The summed E-state index contributed by atoms with van der Waals surface area (Å²) in [4.78, 5) is 4.04. The maximum atomic E-state index is 6.22. The minimum absolute atomic E-state index is 0.118. The smallest absolute Gasteiger partial charge is 0.188 e. The highest BCUT2D eigenvalue weighted by molar-refractivity contribution is 6.31. The zero-order chi connectivity index (χ0) is 15.7. The van der Waals surface area contributed by atoms with Crippen molar-refractivity contribution in [2.75, 3.05) is 13.1 Å². The molecule has 118 valence electrons. The van der Waals surface area contributed by atoms with Crippen molar-refractivity contribution in [2.24, 2.45) is 5.92 Å². The van der Waals surface area contributed by atoms with Gasteiger partial charge in [-0.1, -0.05) is 29.8 Å². The van der Waals surface area contributed by atoms with Crippen molar-refractivity contribution < 1.29 is 0 Å². The van der Waals surface area contributed by atoms with Crippen LogP contribution in [-0.4, -0.2) is 38.2 Å². The average molecular weight is 320 g/mol. The van der Waals surface area contributed by atoms with Gasteiger partial charge in [0.15, 0.2) is 5.82 Å². The molecule has 1 aromatic heterocycles. The maximum absolute atomic E-state index is 6.22. The van der Waals surface area contributed by atoms with E-state index >= 15 is 0 Å². The summed E-state index contributed by atoms with van der Waals surface area (Å²) in [7, 11) is 0. The van der Waals surface area contributed by atoms with Gasteiger partial charge in [0.05, 0.1) is 12.1 Å². The number of halogens is 1. The zero-order valence-electron chi connectivity index (χ0n) is 13.3. The van der Waals surface area contributed by atoms with Crippen LogP contribution in [0.5, 0.6) is 0 Å². The Labute approximate surface area is 136 Å². The Hall–Kier alpha value is -1.46. The predicted molar refractivity (Wildman–Crippen MR) is 86.7 cm³/mol. The van der Waals surface area contributed by atoms with E-state index in [0.29, 0.717) is 5.92 Å². The van der Waals surface area contributed by atoms with Crippen LogP contribution < -0.4 is 0 Å². The fraction of sp³-hybridized carbons (Fsp3) is 0.562. The van der Waals surface area contributed by atoms with Gasteiger partial charge in [-0.15, -0.1) is 10.2 Å². The predicted octanol–water partition coefficient (Wildman–Crippen LogP) is 2.76. The van der Waals surface area contributed by atoms with Gasteiger partial charge in [0.25, 0.3) is 0 Å². The molecule has 1 saturated heterocycles. The third-order valence-electron chi connectivity index (χ3n) is 3.92. The van der Waals surface area contributed by atoms with E-state index in [4.69, 9.17) is 11.6 Å². The molecule has 0 bridgehead atoms. The zero-order valence-corrected chi connectivity index (χ0v) is 14.1. The van der Waals surface area contributed by atoms with Gasteiger partial charge in [-0.3, -0.25) is 4.90 Å². The molecule has 0 radical (unpaired) electrons. The molecule has 6 heteroatoms. The van der Waals surface area contributed by atoms with Crippen LogP contribution in [0.25, 0.3) is 0 Å². The van der Waals surface area contributed by atoms with E-state index < -0.39 is 0 Å². The maximum Gasteiger partial charge on any atom is 0.188 e. The highest BCUT2D eigenvalue weighted by Gasteiger charge is 2.28. The van der Waals surface area contributed by atoms with E-state index in [9.17, 15) is 0 Å². The lowest BCUT2D eigenvalue weighted by Crippen LogP contribution is -2.47. The van der Waals surface area contributed by atoms with Crippen LogP contribution >= 0.6 is 11.6 Å². The number of benzene rings is 1. The van der Waals surface area contributed by atoms with E-state index in [0.717, 1.165) is 36.9 Å². The Morgan fingerprint density at radius 3 is 2.59 bits per heavy atom. The topological polar surface area (TPSA) is 46.8 Å². The second kappa shape index (κ2) is 5.97. The molecule has 2 aromatic rings. The SMILES string of the molecule is CC(C)(C)n1nnc(CN2CC(Cc3ccccc3Cl)C2)n1. The van der Waals surface area contributed by atoms with E-state index in [1.165, 1.54) is 5.56 Å². The van der Waals surface area contributed by atoms with Crippen LogP contribution in [-0.2, 0) is 18.5 Å². The standard InChI is InChI=1S/C16H22ClN5/c1-16(2,3)22-19-15(18-20-22)11-21-9-12(10-21)8-13-6-4-5-7-14(13)17/h4-7,12H,8-11H2,1-3H3. The number of hydrogen-bond donors (Lipinski definition) is 0. The van der Waals surface area contributed by atoms with Gasteiger partial charge in [0, 0.05) is 18.1 Å². The molecule has 0 spiro atoms. The third kappa shape index (κ3) is 3.47. The number of hydrogen-bond acceptors (Lipinski definition) is 4. The molecule has 1 fully saturated rings. The molecular weight excluding hydrogens is 298 g/mol. The fourth-order valence-electron chi connectivity index (χ4n) is 2.70. The summed E-state index contributed by atoms with van der Waals surface area (Å²) >= 11 is 6.22. The first-order chi connectivity index (χ1) is 10.4. The Bertz CT molecular complexity index is 640. The van der Waals surface area contributed by atoms with E-state index in [1.54, 1.807) is 4.80 Å². The van der Waals surface area contributed by atoms with Crippen molar-refractivity contribution in [2.45, 2.75) is 39.3 Å². The third-order valence-corrected chi connectivity index (χ3v) is 4.29. The number of rotatable bonds is 4. The minimum atomic E-state index is -0.118. The monoisotopic (exact) mass is 319 g/mol. The first-order valence-corrected chi connectivity index (χ1v) is 8.05. The Morgan fingerprint density at radius 1 is 1.23 bits per heavy atom. The molecule has 3 rings (SSSR count). The van der Waals surface area contributed by atoms with Crippen molar-refractivity contribution in [3.8, 4) is 0 Å². The molecule has 0 aliphatic carbocycles. The Balaban J connectivity index is 1.50. The second-order valence-electron chi connectivity index (χ2n) is 7.02. The second-order valence-corrected chi connectivity index (χ2v) is 7.43. The van der Waals surface area contributed by atoms with Crippen LogP contribution in [0.3, 0.4) is 0 Å². The lowest BCUT2D eigenvalue weighted by atomic mass is 9.92. The van der Waals surface area contributed by atoms with Crippen molar-refractivity contribution >= 4 is 11.6 Å². The Morgan fingerprint density at radius 2 is 1.95 bits per heavy atom. The van der Waals surface area contributed by atoms with Gasteiger partial charge in [0.1, 0.15) is 0 Å². The van der Waals surface area contributed by atoms with E-state index in [1.807, 2.05) is 18.2 Å². The quantitative estimate of drug-likeness (QED) is 0.869. The Kier molecular flexibility index (Phi) is 4.19. The summed E-state index contributed by atoms with van der Waals surface area (Å²) in [6.45, 7) is 9.12. The molecule has 0 atom stereocenters. The van der Waals surface area contributed by atoms with Gasteiger partial charge in [-0.25, -0.2) is 0 Å². The normalized spacial score (nSPS) is 16.7. The van der Waals surface area contributed by atoms with Gasteiger partial charge >= 0.3 is 0 Å². The largest absolute Gasteiger partial charge is 0.295 e. The van der Waals surface area contributed by atoms with Crippen LogP contribution in [0.2, 0.25) is 5.02 Å². The number of nitrogens with zero attached hydrogens (tertiary/aromatic N) is 5. The molecule has 0 N–H and O–H groups in total. The van der Waals surface area contributed by atoms with E-state index in [-0.39, 0.29) is 5.54 Å². The first kappa shape index (κ1) is 15.4. The number of likely N-dealkylation sites (tertiary alicyclic amines) is 1. The molecule has 22 heavy (non-hydrogen) atoms. The molecule has 0 amide bonds. The van der Waals surface area contributed by atoms with Crippen molar-refractivity contribution in [3.05, 3.63) is 40.7 Å². The molecule has 1 aromatic carbocycles. The van der Waals surface area contributed by atoms with Crippen LogP contribution in [0.15, 0.2) is 24.3 Å². The lowest BCUT2D eigenvalue weighted by Gasteiger charge is -2.38. The molecule has 0 unspecified atom stereocenters. The summed E-state index contributed by atoms with van der Waals surface area (Å²) in [5, 5.41) is 13.6. The molecule has 1 aliphatic rings. The fourth-order valence-corrected chi connectivity index (χ4v) is 2.91. The lowest BCUT2D eigenvalue weighted by molar-refractivity contribution is 0.0893. The molecule has 0 saturated carbocycles. The van der Waals surface area contributed by atoms with E-state index in [2.05, 4.69) is 47.1 Å². The van der Waals surface area contributed by atoms with Crippen LogP contribution in [0, 0.1) is 5.92 Å². The molecule has 1 aliphatic heterocycles. The van der Waals surface area contributed by atoms with Crippen molar-refractivity contribution in [1.82, 2.24) is 25.1 Å². The summed E-state index contributed by atoms with van der Waals surface area (Å²) < 4.78 is 0. The minimum Gasteiger partial charge on any atom is -0.295 e. The highest BCUT2D eigenvalue weighted by Crippen LogP contribution is 2.25. The van der Waals surface area contributed by atoms with Gasteiger partial charge in [-0.05, 0) is 50.0 Å². The van der Waals surface area contributed by atoms with Gasteiger partial charge < -0.3 is 0 Å². The summed E-state index contributed by atoms with van der Waals surface area (Å²) in [5.41, 5.74) is 1.12.